The molecule has 0 aliphatic heterocycles. The van der Waals surface area contributed by atoms with Crippen LogP contribution in [0.15, 0.2) is 55.0 Å². The molecular formula is C23H26N8O. The molecule has 9 nitrogen and oxygen atoms in total. The first-order valence-corrected chi connectivity index (χ1v) is 10.5. The van der Waals surface area contributed by atoms with Crippen molar-refractivity contribution < 1.29 is 4.79 Å². The van der Waals surface area contributed by atoms with Gasteiger partial charge in [0, 0.05) is 30.9 Å². The van der Waals surface area contributed by atoms with E-state index >= 15 is 0 Å². The van der Waals surface area contributed by atoms with E-state index in [1.807, 2.05) is 43.3 Å². The molecule has 0 saturated heterocycles. The van der Waals surface area contributed by atoms with Gasteiger partial charge in [-0.3, -0.25) is 4.79 Å². The van der Waals surface area contributed by atoms with Crippen LogP contribution in [0.1, 0.15) is 30.0 Å². The molecule has 0 saturated carbocycles. The van der Waals surface area contributed by atoms with E-state index in [-0.39, 0.29) is 17.9 Å². The highest BCUT2D eigenvalue weighted by molar-refractivity contribution is 5.95. The topological polar surface area (TPSA) is 102 Å². The van der Waals surface area contributed by atoms with Crippen LogP contribution >= 0.6 is 0 Å². The first-order valence-electron chi connectivity index (χ1n) is 10.5. The third-order valence-corrected chi connectivity index (χ3v) is 5.40. The molecule has 9 heteroatoms. The lowest BCUT2D eigenvalue weighted by atomic mass is 10.0. The van der Waals surface area contributed by atoms with Crippen molar-refractivity contribution in [2.24, 2.45) is 5.92 Å². The van der Waals surface area contributed by atoms with Gasteiger partial charge < -0.3 is 10.2 Å². The van der Waals surface area contributed by atoms with Crippen LogP contribution in [0, 0.1) is 12.8 Å². The maximum Gasteiger partial charge on any atom is 0.274 e. The van der Waals surface area contributed by atoms with Crippen LogP contribution in [0.3, 0.4) is 0 Å². The number of rotatable bonds is 7. The van der Waals surface area contributed by atoms with Gasteiger partial charge in [-0.2, -0.15) is 10.2 Å². The van der Waals surface area contributed by atoms with Crippen molar-refractivity contribution in [3.05, 3.63) is 66.4 Å². The highest BCUT2D eigenvalue weighted by atomic mass is 16.2. The molecule has 1 N–H and O–H groups in total. The van der Waals surface area contributed by atoms with Crippen LogP contribution in [-0.4, -0.2) is 60.4 Å². The standard InChI is InChI=1S/C23H26N8O/c1-15(2)20(14-25-23-24-13-17-7-5-6-8-18(17)29-23)30(4)22(32)21-19(10-9-16(3)28-21)31-26-11-12-27-31/h5-13,15,20H,14H2,1-4H3,(H,24,25,29). The number of hydrogen-bond donors (Lipinski definition) is 1. The van der Waals surface area contributed by atoms with Crippen molar-refractivity contribution in [2.45, 2.75) is 26.8 Å². The Morgan fingerprint density at radius 1 is 1.09 bits per heavy atom. The lowest BCUT2D eigenvalue weighted by molar-refractivity contribution is 0.0694. The zero-order valence-electron chi connectivity index (χ0n) is 18.6. The Labute approximate surface area is 186 Å². The summed E-state index contributed by atoms with van der Waals surface area (Å²) in [5.41, 5.74) is 2.49. The minimum absolute atomic E-state index is 0.113. The van der Waals surface area contributed by atoms with Crippen molar-refractivity contribution >= 4 is 22.8 Å². The maximum atomic E-state index is 13.5. The second-order valence-corrected chi connectivity index (χ2v) is 8.00. The predicted octanol–water partition coefficient (Wildman–Crippen LogP) is 3.12. The van der Waals surface area contributed by atoms with Crippen LogP contribution in [0.2, 0.25) is 0 Å². The van der Waals surface area contributed by atoms with Gasteiger partial charge in [0.25, 0.3) is 5.91 Å². The average molecular weight is 431 g/mol. The SMILES string of the molecule is Cc1ccc(-n2nccn2)c(C(=O)N(C)C(CNc2ncc3ccccc3n2)C(C)C)n1. The van der Waals surface area contributed by atoms with Crippen LogP contribution < -0.4 is 5.32 Å². The summed E-state index contributed by atoms with van der Waals surface area (Å²) in [6.07, 6.45) is 4.94. The maximum absolute atomic E-state index is 13.5. The zero-order chi connectivity index (χ0) is 22.7. The predicted molar refractivity (Wildman–Crippen MR) is 123 cm³/mol. The molecule has 1 atom stereocenters. The molecule has 1 unspecified atom stereocenters. The number of nitrogens with one attached hydrogen (secondary N) is 1. The van der Waals surface area contributed by atoms with Gasteiger partial charge in [0.05, 0.1) is 24.0 Å². The molecule has 4 aromatic rings. The lowest BCUT2D eigenvalue weighted by Gasteiger charge is -2.31. The largest absolute Gasteiger partial charge is 0.352 e. The molecule has 0 spiro atoms. The zero-order valence-corrected chi connectivity index (χ0v) is 18.6. The number of aryl methyl sites for hydroxylation is 1. The Balaban J connectivity index is 1.56. The molecule has 0 fully saturated rings. The van der Waals surface area contributed by atoms with Gasteiger partial charge in [-0.15, -0.1) is 4.80 Å². The molecule has 0 aliphatic carbocycles. The minimum atomic E-state index is -0.194. The Morgan fingerprint density at radius 3 is 2.59 bits per heavy atom. The summed E-state index contributed by atoms with van der Waals surface area (Å²) in [5.74, 6) is 0.527. The summed E-state index contributed by atoms with van der Waals surface area (Å²) in [4.78, 5) is 30.1. The highest BCUT2D eigenvalue weighted by Gasteiger charge is 2.27. The summed E-state index contributed by atoms with van der Waals surface area (Å²) in [5, 5.41) is 12.6. The molecule has 0 radical (unpaired) electrons. The highest BCUT2D eigenvalue weighted by Crippen LogP contribution is 2.18. The molecule has 3 aromatic heterocycles. The summed E-state index contributed by atoms with van der Waals surface area (Å²) in [7, 11) is 1.79. The van der Waals surface area contributed by atoms with Crippen molar-refractivity contribution in [1.29, 1.82) is 0 Å². The number of carbonyl (C=O) groups excluding carboxylic acids is 1. The summed E-state index contributed by atoms with van der Waals surface area (Å²) < 4.78 is 0. The molecule has 3 heterocycles. The Bertz CT molecular complexity index is 1220. The van der Waals surface area contributed by atoms with E-state index in [4.69, 9.17) is 0 Å². The number of anilines is 1. The minimum Gasteiger partial charge on any atom is -0.352 e. The fourth-order valence-electron chi connectivity index (χ4n) is 3.60. The quantitative estimate of drug-likeness (QED) is 0.481. The molecule has 0 aliphatic rings. The van der Waals surface area contributed by atoms with E-state index < -0.39 is 0 Å². The van der Waals surface area contributed by atoms with Crippen LogP contribution in [0.4, 0.5) is 5.95 Å². The molecule has 0 bridgehead atoms. The summed E-state index contributed by atoms with van der Waals surface area (Å²) in [6.45, 7) is 6.52. The number of aromatic nitrogens is 6. The van der Waals surface area contributed by atoms with Crippen LogP contribution in [0.5, 0.6) is 0 Å². The first kappa shape index (κ1) is 21.4. The van der Waals surface area contributed by atoms with Gasteiger partial charge in [0.2, 0.25) is 5.95 Å². The van der Waals surface area contributed by atoms with E-state index in [2.05, 4.69) is 44.3 Å². The second-order valence-electron chi connectivity index (χ2n) is 8.00. The number of fused-ring (bicyclic) bond motifs is 1. The molecular weight excluding hydrogens is 404 g/mol. The van der Waals surface area contributed by atoms with Gasteiger partial charge in [0.15, 0.2) is 5.69 Å². The van der Waals surface area contributed by atoms with E-state index in [0.29, 0.717) is 23.9 Å². The fraction of sp³-hybridized carbons (Fsp3) is 0.304. The number of hydrogen-bond acceptors (Lipinski definition) is 7. The summed E-state index contributed by atoms with van der Waals surface area (Å²) in [6, 6.07) is 11.4. The van der Waals surface area contributed by atoms with Gasteiger partial charge in [-0.25, -0.2) is 15.0 Å². The van der Waals surface area contributed by atoms with E-state index in [1.165, 1.54) is 4.80 Å². The molecule has 32 heavy (non-hydrogen) atoms. The molecule has 4 rings (SSSR count). The number of para-hydroxylation sites is 1. The van der Waals surface area contributed by atoms with Crippen molar-refractivity contribution in [1.82, 2.24) is 34.8 Å². The van der Waals surface area contributed by atoms with Crippen molar-refractivity contribution in [2.75, 3.05) is 18.9 Å². The normalized spacial score (nSPS) is 12.2. The first-order chi connectivity index (χ1) is 15.4. The average Bonchev–Trinajstić information content (AvgIpc) is 3.33. The summed E-state index contributed by atoms with van der Waals surface area (Å²) >= 11 is 0. The number of carbonyl (C=O) groups is 1. The Kier molecular flexibility index (Phi) is 6.07. The number of likely N-dealkylation sites (N-methyl/N-ethyl adjacent to an activating group) is 1. The van der Waals surface area contributed by atoms with Gasteiger partial charge in [-0.05, 0) is 31.0 Å². The third kappa shape index (κ3) is 4.41. The van der Waals surface area contributed by atoms with Crippen LogP contribution in [-0.2, 0) is 0 Å². The number of amides is 1. The van der Waals surface area contributed by atoms with Gasteiger partial charge in [0.1, 0.15) is 5.69 Å². The molecule has 1 amide bonds. The number of benzene rings is 1. The second kappa shape index (κ2) is 9.09. The van der Waals surface area contributed by atoms with Crippen molar-refractivity contribution in [3.63, 3.8) is 0 Å². The number of nitrogens with zero attached hydrogens (tertiary/aromatic N) is 7. The Hall–Kier alpha value is -3.88. The third-order valence-electron chi connectivity index (χ3n) is 5.40. The molecule has 1 aromatic carbocycles. The van der Waals surface area contributed by atoms with Gasteiger partial charge in [-0.1, -0.05) is 32.0 Å². The Morgan fingerprint density at radius 2 is 1.84 bits per heavy atom. The van der Waals surface area contributed by atoms with Gasteiger partial charge >= 0.3 is 0 Å². The molecule has 164 valence electrons. The van der Waals surface area contributed by atoms with E-state index in [9.17, 15) is 4.79 Å². The van der Waals surface area contributed by atoms with E-state index in [1.54, 1.807) is 30.5 Å². The number of pyridine rings is 1. The van der Waals surface area contributed by atoms with Crippen molar-refractivity contribution in [3.8, 4) is 5.69 Å². The lowest BCUT2D eigenvalue weighted by Crippen LogP contribution is -2.45. The van der Waals surface area contributed by atoms with E-state index in [0.717, 1.165) is 16.6 Å². The van der Waals surface area contributed by atoms with Crippen LogP contribution in [0.25, 0.3) is 16.6 Å². The monoisotopic (exact) mass is 430 g/mol. The smallest absolute Gasteiger partial charge is 0.274 e. The fourth-order valence-corrected chi connectivity index (χ4v) is 3.60.